The highest BCUT2D eigenvalue weighted by Gasteiger charge is 2.30. The number of piperazine rings is 1. The number of piperidine rings is 1. The fourth-order valence-corrected chi connectivity index (χ4v) is 4.42. The molecular weight excluding hydrogens is 368 g/mol. The second kappa shape index (κ2) is 10.3. The van der Waals surface area contributed by atoms with Gasteiger partial charge in [-0.1, -0.05) is 6.07 Å². The Kier molecular flexibility index (Phi) is 7.75. The second-order valence-corrected chi connectivity index (χ2v) is 8.21. The van der Waals surface area contributed by atoms with Gasteiger partial charge in [0.05, 0.1) is 20.3 Å². The van der Waals surface area contributed by atoms with E-state index < -0.39 is 0 Å². The van der Waals surface area contributed by atoms with Crippen LogP contribution in [0.4, 0.5) is 0 Å². The summed E-state index contributed by atoms with van der Waals surface area (Å²) in [6, 6.07) is 6.28. The number of hydrogen-bond donors (Lipinski definition) is 1. The molecule has 7 nitrogen and oxygen atoms in total. The van der Waals surface area contributed by atoms with Gasteiger partial charge in [0.25, 0.3) is 0 Å². The van der Waals surface area contributed by atoms with Gasteiger partial charge in [0.2, 0.25) is 5.91 Å². The van der Waals surface area contributed by atoms with Crippen LogP contribution in [0.2, 0.25) is 0 Å². The Balaban J connectivity index is 1.46. The first-order chi connectivity index (χ1) is 14.0. The normalized spacial score (nSPS) is 22.8. The minimum atomic E-state index is -0.119. The van der Waals surface area contributed by atoms with Gasteiger partial charge in [-0.15, -0.1) is 0 Å². The molecule has 1 N–H and O–H groups in total. The van der Waals surface area contributed by atoms with Gasteiger partial charge in [0.15, 0.2) is 11.5 Å². The zero-order valence-corrected chi connectivity index (χ0v) is 18.3. The summed E-state index contributed by atoms with van der Waals surface area (Å²) in [7, 11) is 5.45. The number of amides is 1. The van der Waals surface area contributed by atoms with Crippen LogP contribution in [0.25, 0.3) is 0 Å². The van der Waals surface area contributed by atoms with Gasteiger partial charge in [0, 0.05) is 45.3 Å². The molecular formula is C22H36N4O3. The summed E-state index contributed by atoms with van der Waals surface area (Å²) in [4.78, 5) is 20.0. The van der Waals surface area contributed by atoms with Crippen LogP contribution in [0.3, 0.4) is 0 Å². The highest BCUT2D eigenvalue weighted by Crippen LogP contribution is 2.27. The van der Waals surface area contributed by atoms with Crippen molar-refractivity contribution >= 4 is 5.91 Å². The fourth-order valence-electron chi connectivity index (χ4n) is 4.42. The van der Waals surface area contributed by atoms with Crippen LogP contribution in [0, 0.1) is 0 Å². The summed E-state index contributed by atoms with van der Waals surface area (Å²) in [6.45, 7) is 8.87. The minimum Gasteiger partial charge on any atom is -0.493 e. The van der Waals surface area contributed by atoms with Gasteiger partial charge in [-0.05, 0) is 51.1 Å². The number of carbonyl (C=O) groups is 1. The average molecular weight is 405 g/mol. The highest BCUT2D eigenvalue weighted by molar-refractivity contribution is 5.81. The molecule has 2 fully saturated rings. The summed E-state index contributed by atoms with van der Waals surface area (Å²) < 4.78 is 10.6. The van der Waals surface area contributed by atoms with Gasteiger partial charge in [-0.25, -0.2) is 0 Å². The van der Waals surface area contributed by atoms with Crippen LogP contribution in [0.1, 0.15) is 25.3 Å². The zero-order valence-electron chi connectivity index (χ0n) is 18.3. The van der Waals surface area contributed by atoms with E-state index in [9.17, 15) is 4.79 Å². The number of carbonyl (C=O) groups excluding carboxylic acids is 1. The number of likely N-dealkylation sites (tertiary alicyclic amines) is 1. The first-order valence-electron chi connectivity index (χ1n) is 10.7. The van der Waals surface area contributed by atoms with Crippen LogP contribution >= 0.6 is 0 Å². The SMILES string of the molecule is COc1ccc(CNC(=O)C(C)N2CCN(C3CCCN(C)C3)CC2)cc1OC. The molecule has 1 aromatic carbocycles. The molecule has 2 aliphatic heterocycles. The summed E-state index contributed by atoms with van der Waals surface area (Å²) in [5.74, 6) is 1.44. The fraction of sp³-hybridized carbons (Fsp3) is 0.682. The molecule has 2 aliphatic rings. The van der Waals surface area contributed by atoms with E-state index in [-0.39, 0.29) is 11.9 Å². The second-order valence-electron chi connectivity index (χ2n) is 8.21. The van der Waals surface area contributed by atoms with E-state index in [4.69, 9.17) is 9.47 Å². The monoisotopic (exact) mass is 404 g/mol. The molecule has 0 saturated carbocycles. The molecule has 3 rings (SSSR count). The Morgan fingerprint density at radius 3 is 2.52 bits per heavy atom. The molecule has 0 bridgehead atoms. The third kappa shape index (κ3) is 5.62. The molecule has 2 saturated heterocycles. The van der Waals surface area contributed by atoms with Crippen molar-refractivity contribution in [3.8, 4) is 11.5 Å². The number of methoxy groups -OCH3 is 2. The van der Waals surface area contributed by atoms with Gasteiger partial charge in [-0.2, -0.15) is 0 Å². The molecule has 0 radical (unpaired) electrons. The maximum Gasteiger partial charge on any atom is 0.237 e. The van der Waals surface area contributed by atoms with Crippen molar-refractivity contribution in [3.63, 3.8) is 0 Å². The summed E-state index contributed by atoms with van der Waals surface area (Å²) >= 11 is 0. The summed E-state index contributed by atoms with van der Waals surface area (Å²) in [6.07, 6.45) is 2.59. The number of likely N-dealkylation sites (N-methyl/N-ethyl adjacent to an activating group) is 1. The topological polar surface area (TPSA) is 57.3 Å². The quantitative estimate of drug-likeness (QED) is 0.742. The Morgan fingerprint density at radius 1 is 1.14 bits per heavy atom. The van der Waals surface area contributed by atoms with E-state index in [1.807, 2.05) is 25.1 Å². The molecule has 2 heterocycles. The third-order valence-electron chi connectivity index (χ3n) is 6.31. The van der Waals surface area contributed by atoms with Crippen molar-refractivity contribution in [1.29, 1.82) is 0 Å². The van der Waals surface area contributed by atoms with Crippen molar-refractivity contribution in [2.45, 2.75) is 38.4 Å². The lowest BCUT2D eigenvalue weighted by Crippen LogP contribution is -2.57. The van der Waals surface area contributed by atoms with Crippen LogP contribution in [0.15, 0.2) is 18.2 Å². The largest absolute Gasteiger partial charge is 0.493 e. The van der Waals surface area contributed by atoms with Gasteiger partial charge < -0.3 is 19.7 Å². The average Bonchev–Trinajstić information content (AvgIpc) is 2.76. The number of nitrogens with zero attached hydrogens (tertiary/aromatic N) is 3. The first-order valence-corrected chi connectivity index (χ1v) is 10.7. The summed E-state index contributed by atoms with van der Waals surface area (Å²) in [5.41, 5.74) is 0.995. The molecule has 7 heteroatoms. The van der Waals surface area contributed by atoms with E-state index in [1.54, 1.807) is 14.2 Å². The van der Waals surface area contributed by atoms with Gasteiger partial charge in [-0.3, -0.25) is 14.6 Å². The molecule has 29 heavy (non-hydrogen) atoms. The first kappa shape index (κ1) is 21.9. The number of ether oxygens (including phenoxy) is 2. The van der Waals surface area contributed by atoms with Crippen molar-refractivity contribution in [2.75, 3.05) is 60.5 Å². The van der Waals surface area contributed by atoms with E-state index in [1.165, 1.54) is 25.9 Å². The molecule has 1 aromatic rings. The summed E-state index contributed by atoms with van der Waals surface area (Å²) in [5, 5.41) is 3.07. The lowest BCUT2D eigenvalue weighted by Gasteiger charge is -2.43. The van der Waals surface area contributed by atoms with Crippen molar-refractivity contribution in [3.05, 3.63) is 23.8 Å². The maximum absolute atomic E-state index is 12.7. The van der Waals surface area contributed by atoms with Gasteiger partial charge in [0.1, 0.15) is 0 Å². The number of rotatable bonds is 7. The smallest absolute Gasteiger partial charge is 0.237 e. The van der Waals surface area contributed by atoms with E-state index in [0.29, 0.717) is 24.1 Å². The van der Waals surface area contributed by atoms with Gasteiger partial charge >= 0.3 is 0 Å². The molecule has 162 valence electrons. The Labute approximate surface area is 174 Å². The minimum absolute atomic E-state index is 0.0747. The van der Waals surface area contributed by atoms with Crippen molar-refractivity contribution < 1.29 is 14.3 Å². The van der Waals surface area contributed by atoms with Crippen LogP contribution in [-0.2, 0) is 11.3 Å². The van der Waals surface area contributed by atoms with E-state index in [0.717, 1.165) is 31.7 Å². The zero-order chi connectivity index (χ0) is 20.8. The molecule has 0 aromatic heterocycles. The molecule has 0 aliphatic carbocycles. The van der Waals surface area contributed by atoms with E-state index >= 15 is 0 Å². The molecule has 1 amide bonds. The number of benzene rings is 1. The van der Waals surface area contributed by atoms with Crippen LogP contribution < -0.4 is 14.8 Å². The predicted molar refractivity (Wildman–Crippen MR) is 115 cm³/mol. The highest BCUT2D eigenvalue weighted by atomic mass is 16.5. The van der Waals surface area contributed by atoms with Crippen LogP contribution in [-0.4, -0.2) is 93.2 Å². The van der Waals surface area contributed by atoms with Crippen molar-refractivity contribution in [2.24, 2.45) is 0 Å². The predicted octanol–water partition coefficient (Wildman–Crippen LogP) is 1.42. The third-order valence-corrected chi connectivity index (χ3v) is 6.31. The van der Waals surface area contributed by atoms with Crippen molar-refractivity contribution in [1.82, 2.24) is 20.0 Å². The Hall–Kier alpha value is -1.83. The number of hydrogen-bond acceptors (Lipinski definition) is 6. The maximum atomic E-state index is 12.7. The Bertz CT molecular complexity index is 676. The molecule has 0 spiro atoms. The standard InChI is InChI=1S/C22H36N4O3/c1-17(22(27)23-15-18-7-8-20(28-3)21(14-18)29-4)25-10-12-26(13-11-25)19-6-5-9-24(2)16-19/h7-8,14,17,19H,5-6,9-13,15-16H2,1-4H3,(H,23,27). The Morgan fingerprint density at radius 2 is 1.86 bits per heavy atom. The molecule has 2 atom stereocenters. The van der Waals surface area contributed by atoms with Crippen LogP contribution in [0.5, 0.6) is 11.5 Å². The molecule has 2 unspecified atom stereocenters. The van der Waals surface area contributed by atoms with E-state index in [2.05, 4.69) is 27.1 Å². The number of nitrogens with one attached hydrogen (secondary N) is 1. The lowest BCUT2D eigenvalue weighted by molar-refractivity contribution is -0.126. The lowest BCUT2D eigenvalue weighted by atomic mass is 10.0.